The van der Waals surface area contributed by atoms with E-state index in [4.69, 9.17) is 4.74 Å². The Morgan fingerprint density at radius 2 is 1.37 bits per heavy atom. The molecule has 1 aliphatic heterocycles. The van der Waals surface area contributed by atoms with Gasteiger partial charge in [-0.2, -0.15) is 0 Å². The summed E-state index contributed by atoms with van der Waals surface area (Å²) in [5, 5.41) is 9.84. The van der Waals surface area contributed by atoms with Gasteiger partial charge in [0.15, 0.2) is 0 Å². The molecule has 0 aromatic heterocycles. The average molecular weight is 402 g/mol. The maximum atomic E-state index is 12.0. The Kier molecular flexibility index (Phi) is 6.30. The van der Waals surface area contributed by atoms with Crippen molar-refractivity contribution in [2.45, 2.75) is 12.5 Å². The molecule has 154 valence electrons. The second-order valence-corrected chi connectivity index (χ2v) is 7.48. The Hall–Kier alpha value is -3.31. The summed E-state index contributed by atoms with van der Waals surface area (Å²) in [4.78, 5) is 16.4. The summed E-state index contributed by atoms with van der Waals surface area (Å²) in [5.74, 6) is 0.756. The third-order valence-electron chi connectivity index (χ3n) is 5.49. The van der Waals surface area contributed by atoms with Crippen molar-refractivity contribution in [1.82, 2.24) is 4.90 Å². The van der Waals surface area contributed by atoms with Crippen LogP contribution >= 0.6 is 0 Å². The third-order valence-corrected chi connectivity index (χ3v) is 5.49. The number of ether oxygens (including phenoxy) is 1. The second kappa shape index (κ2) is 9.46. The Morgan fingerprint density at radius 1 is 0.800 bits per heavy atom. The summed E-state index contributed by atoms with van der Waals surface area (Å²) in [5.41, 5.74) is 2.19. The third kappa shape index (κ3) is 4.99. The second-order valence-electron chi connectivity index (χ2n) is 7.48. The van der Waals surface area contributed by atoms with Gasteiger partial charge in [0, 0.05) is 31.9 Å². The van der Waals surface area contributed by atoms with Gasteiger partial charge in [-0.15, -0.1) is 0 Å². The number of hydrogen-bond acceptors (Lipinski definition) is 4. The van der Waals surface area contributed by atoms with Gasteiger partial charge in [0.25, 0.3) is 0 Å². The molecule has 0 bridgehead atoms. The van der Waals surface area contributed by atoms with E-state index in [0.29, 0.717) is 6.42 Å². The van der Waals surface area contributed by atoms with E-state index in [2.05, 4.69) is 21.9 Å². The zero-order chi connectivity index (χ0) is 20.8. The van der Waals surface area contributed by atoms with Crippen LogP contribution < -0.4 is 9.64 Å². The first-order valence-corrected chi connectivity index (χ1v) is 10.3. The summed E-state index contributed by atoms with van der Waals surface area (Å²) < 4.78 is 5.82. The van der Waals surface area contributed by atoms with Crippen molar-refractivity contribution in [2.75, 3.05) is 31.1 Å². The molecule has 0 amide bonds. The first-order valence-electron chi connectivity index (χ1n) is 10.3. The van der Waals surface area contributed by atoms with Crippen LogP contribution in [0.25, 0.3) is 0 Å². The zero-order valence-corrected chi connectivity index (χ0v) is 16.9. The van der Waals surface area contributed by atoms with E-state index >= 15 is 0 Å². The van der Waals surface area contributed by atoms with Gasteiger partial charge in [0.2, 0.25) is 0 Å². The molecular weight excluding hydrogens is 376 g/mol. The maximum Gasteiger partial charge on any atom is 0.321 e. The monoisotopic (exact) mass is 402 g/mol. The van der Waals surface area contributed by atoms with Crippen LogP contribution in [0.1, 0.15) is 5.56 Å². The summed E-state index contributed by atoms with van der Waals surface area (Å²) in [6.45, 7) is 3.14. The predicted octanol–water partition coefficient (Wildman–Crippen LogP) is 4.30. The van der Waals surface area contributed by atoms with E-state index in [-0.39, 0.29) is 0 Å². The number of para-hydroxylation sites is 2. The molecule has 1 heterocycles. The first-order chi connectivity index (χ1) is 14.7. The fraction of sp³-hybridized carbons (Fsp3) is 0.240. The summed E-state index contributed by atoms with van der Waals surface area (Å²) in [6, 6.07) is 27.1. The number of hydrogen-bond donors (Lipinski definition) is 1. The number of rotatable bonds is 7. The van der Waals surface area contributed by atoms with Gasteiger partial charge < -0.3 is 14.7 Å². The van der Waals surface area contributed by atoms with Crippen LogP contribution in [0.4, 0.5) is 5.69 Å². The average Bonchev–Trinajstić information content (AvgIpc) is 2.80. The highest BCUT2D eigenvalue weighted by Crippen LogP contribution is 2.23. The first kappa shape index (κ1) is 20.0. The van der Waals surface area contributed by atoms with Crippen LogP contribution in [0.3, 0.4) is 0 Å². The van der Waals surface area contributed by atoms with E-state index in [1.54, 1.807) is 0 Å². The molecular formula is C25H26N2O3. The molecule has 0 unspecified atom stereocenters. The van der Waals surface area contributed by atoms with Crippen molar-refractivity contribution in [3.05, 3.63) is 90.5 Å². The van der Waals surface area contributed by atoms with E-state index in [1.807, 2.05) is 72.8 Å². The highest BCUT2D eigenvalue weighted by atomic mass is 16.5. The van der Waals surface area contributed by atoms with Crippen molar-refractivity contribution >= 4 is 11.7 Å². The fourth-order valence-electron chi connectivity index (χ4n) is 3.84. The molecule has 1 saturated heterocycles. The number of anilines is 1. The van der Waals surface area contributed by atoms with E-state index < -0.39 is 12.0 Å². The number of piperazine rings is 1. The number of aliphatic carboxylic acids is 1. The molecule has 1 fully saturated rings. The van der Waals surface area contributed by atoms with Gasteiger partial charge in [-0.3, -0.25) is 9.69 Å². The number of benzene rings is 3. The molecule has 4 rings (SSSR count). The predicted molar refractivity (Wildman–Crippen MR) is 118 cm³/mol. The molecule has 0 saturated carbocycles. The lowest BCUT2D eigenvalue weighted by Gasteiger charge is -2.38. The highest BCUT2D eigenvalue weighted by Gasteiger charge is 2.29. The minimum atomic E-state index is -0.771. The van der Waals surface area contributed by atoms with Crippen molar-refractivity contribution < 1.29 is 14.6 Å². The lowest BCUT2D eigenvalue weighted by molar-refractivity contribution is -0.143. The normalized spacial score (nSPS) is 15.5. The molecule has 0 aliphatic carbocycles. The molecule has 3 aromatic carbocycles. The largest absolute Gasteiger partial charge is 0.480 e. The van der Waals surface area contributed by atoms with Crippen LogP contribution in [0.15, 0.2) is 84.9 Å². The van der Waals surface area contributed by atoms with Crippen molar-refractivity contribution in [1.29, 1.82) is 0 Å². The molecule has 5 heteroatoms. The van der Waals surface area contributed by atoms with E-state index in [9.17, 15) is 9.90 Å². The molecule has 1 atom stereocenters. The number of carboxylic acid groups (broad SMARTS) is 1. The van der Waals surface area contributed by atoms with Gasteiger partial charge >= 0.3 is 5.97 Å². The Morgan fingerprint density at radius 3 is 1.97 bits per heavy atom. The summed E-state index contributed by atoms with van der Waals surface area (Å²) in [6.07, 6.45) is 0.478. The topological polar surface area (TPSA) is 53.0 Å². The summed E-state index contributed by atoms with van der Waals surface area (Å²) in [7, 11) is 0. The van der Waals surface area contributed by atoms with Crippen LogP contribution in [0.2, 0.25) is 0 Å². The lowest BCUT2D eigenvalue weighted by Crippen LogP contribution is -2.53. The van der Waals surface area contributed by atoms with Crippen LogP contribution in [-0.2, 0) is 11.2 Å². The van der Waals surface area contributed by atoms with Gasteiger partial charge in [0.05, 0.1) is 0 Å². The maximum absolute atomic E-state index is 12.0. The molecule has 1 aliphatic rings. The Bertz CT molecular complexity index is 937. The minimum absolute atomic E-state index is 0.478. The van der Waals surface area contributed by atoms with Crippen LogP contribution in [-0.4, -0.2) is 48.2 Å². The van der Waals surface area contributed by atoms with Crippen molar-refractivity contribution in [2.24, 2.45) is 0 Å². The minimum Gasteiger partial charge on any atom is -0.480 e. The SMILES string of the molecule is O=C(O)[C@@H](Cc1ccc(Oc2ccccc2)cc1)N1CCN(c2ccccc2)CC1. The summed E-state index contributed by atoms with van der Waals surface area (Å²) >= 11 is 0. The molecule has 0 spiro atoms. The standard InChI is InChI=1S/C25H26N2O3/c28-25(29)24(27-17-15-26(16-18-27)21-7-3-1-4-8-21)19-20-11-13-23(14-12-20)30-22-9-5-2-6-10-22/h1-14,24H,15-19H2,(H,28,29)/t24-/m1/s1. The van der Waals surface area contributed by atoms with Gasteiger partial charge in [0.1, 0.15) is 17.5 Å². The smallest absolute Gasteiger partial charge is 0.321 e. The van der Waals surface area contributed by atoms with Crippen molar-refractivity contribution in [3.8, 4) is 11.5 Å². The van der Waals surface area contributed by atoms with E-state index in [0.717, 1.165) is 43.2 Å². The zero-order valence-electron chi connectivity index (χ0n) is 16.9. The number of carboxylic acids is 1. The van der Waals surface area contributed by atoms with Gasteiger partial charge in [-0.1, -0.05) is 48.5 Å². The molecule has 5 nitrogen and oxygen atoms in total. The van der Waals surface area contributed by atoms with Crippen LogP contribution in [0, 0.1) is 0 Å². The van der Waals surface area contributed by atoms with Gasteiger partial charge in [-0.25, -0.2) is 0 Å². The molecule has 3 aromatic rings. The molecule has 1 N–H and O–H groups in total. The lowest BCUT2D eigenvalue weighted by atomic mass is 10.0. The Balaban J connectivity index is 1.36. The van der Waals surface area contributed by atoms with Crippen LogP contribution in [0.5, 0.6) is 11.5 Å². The Labute approximate surface area is 177 Å². The quantitative estimate of drug-likeness (QED) is 0.639. The van der Waals surface area contributed by atoms with Gasteiger partial charge in [-0.05, 0) is 48.4 Å². The molecule has 30 heavy (non-hydrogen) atoms. The van der Waals surface area contributed by atoms with E-state index in [1.165, 1.54) is 5.69 Å². The number of nitrogens with zero attached hydrogens (tertiary/aromatic N) is 2. The number of carbonyl (C=O) groups is 1. The van der Waals surface area contributed by atoms with Crippen molar-refractivity contribution in [3.63, 3.8) is 0 Å². The fourth-order valence-corrected chi connectivity index (χ4v) is 3.84. The highest BCUT2D eigenvalue weighted by molar-refractivity contribution is 5.74. The molecule has 0 radical (unpaired) electrons.